The van der Waals surface area contributed by atoms with E-state index in [-0.39, 0.29) is 12.3 Å². The van der Waals surface area contributed by atoms with E-state index in [2.05, 4.69) is 27.3 Å². The van der Waals surface area contributed by atoms with Crippen molar-refractivity contribution < 1.29 is 14.2 Å². The lowest BCUT2D eigenvalue weighted by Crippen LogP contribution is -2.43. The molecule has 1 amide bonds. The van der Waals surface area contributed by atoms with Crippen molar-refractivity contribution in [3.63, 3.8) is 0 Å². The summed E-state index contributed by atoms with van der Waals surface area (Å²) in [6.45, 7) is 8.57. The molecular formula is C22H32N4O3. The Balaban J connectivity index is 1.49. The number of benzene rings is 1. The number of methoxy groups -OCH3 is 1. The zero-order valence-corrected chi connectivity index (χ0v) is 17.8. The summed E-state index contributed by atoms with van der Waals surface area (Å²) in [5.74, 6) is 1.52. The number of piperidine rings is 1. The molecule has 1 aliphatic rings. The van der Waals surface area contributed by atoms with Crippen molar-refractivity contribution in [1.82, 2.24) is 20.1 Å². The molecule has 0 spiro atoms. The number of nitrogens with zero attached hydrogens (tertiary/aromatic N) is 4. The van der Waals surface area contributed by atoms with E-state index >= 15 is 0 Å². The minimum absolute atomic E-state index is 0.0970. The molecule has 3 rings (SSSR count). The highest BCUT2D eigenvalue weighted by Crippen LogP contribution is 2.20. The molecule has 29 heavy (non-hydrogen) atoms. The number of hydrogen-bond donors (Lipinski definition) is 0. The van der Waals surface area contributed by atoms with Gasteiger partial charge in [-0.25, -0.2) is 4.63 Å². The third-order valence-electron chi connectivity index (χ3n) is 5.73. The predicted molar refractivity (Wildman–Crippen MR) is 111 cm³/mol. The molecule has 1 saturated heterocycles. The van der Waals surface area contributed by atoms with Crippen LogP contribution in [0.15, 0.2) is 28.9 Å². The van der Waals surface area contributed by atoms with Gasteiger partial charge < -0.3 is 14.5 Å². The summed E-state index contributed by atoms with van der Waals surface area (Å²) in [7, 11) is 1.70. The van der Waals surface area contributed by atoms with E-state index in [1.54, 1.807) is 7.11 Å². The van der Waals surface area contributed by atoms with Crippen LogP contribution in [0.3, 0.4) is 0 Å². The third kappa shape index (κ3) is 6.03. The van der Waals surface area contributed by atoms with Crippen molar-refractivity contribution in [2.24, 2.45) is 5.92 Å². The van der Waals surface area contributed by atoms with E-state index in [4.69, 9.17) is 9.37 Å². The fourth-order valence-corrected chi connectivity index (χ4v) is 4.00. The number of hydrogen-bond acceptors (Lipinski definition) is 6. The molecule has 7 heteroatoms. The maximum atomic E-state index is 12.7. The topological polar surface area (TPSA) is 71.7 Å². The first kappa shape index (κ1) is 21.3. The molecule has 0 bridgehead atoms. The largest absolute Gasteiger partial charge is 0.497 e. The van der Waals surface area contributed by atoms with Crippen LogP contribution in [-0.4, -0.2) is 65.9 Å². The summed E-state index contributed by atoms with van der Waals surface area (Å²) in [5.41, 5.74) is 2.63. The number of carbonyl (C=O) groups excluding carboxylic acids is 1. The molecule has 0 unspecified atom stereocenters. The summed E-state index contributed by atoms with van der Waals surface area (Å²) >= 11 is 0. The Kier molecular flexibility index (Phi) is 7.63. The molecule has 1 atom stereocenters. The van der Waals surface area contributed by atoms with Gasteiger partial charge in [0.05, 0.1) is 13.5 Å². The van der Waals surface area contributed by atoms with Crippen LogP contribution in [0.2, 0.25) is 0 Å². The van der Waals surface area contributed by atoms with Crippen LogP contribution in [0.1, 0.15) is 36.7 Å². The molecule has 158 valence electrons. The Morgan fingerprint density at radius 3 is 2.97 bits per heavy atom. The van der Waals surface area contributed by atoms with Crippen molar-refractivity contribution >= 4 is 5.91 Å². The van der Waals surface area contributed by atoms with Gasteiger partial charge >= 0.3 is 0 Å². The number of likely N-dealkylation sites (N-methyl/N-ethyl adjacent to an activating group) is 1. The van der Waals surface area contributed by atoms with Crippen molar-refractivity contribution in [2.75, 3.05) is 39.8 Å². The van der Waals surface area contributed by atoms with Crippen molar-refractivity contribution in [2.45, 2.75) is 39.5 Å². The molecule has 0 saturated carbocycles. The summed E-state index contributed by atoms with van der Waals surface area (Å²) in [6, 6.07) is 8.29. The van der Waals surface area contributed by atoms with Gasteiger partial charge in [0.2, 0.25) is 5.91 Å². The highest BCUT2D eigenvalue weighted by atomic mass is 16.6. The van der Waals surface area contributed by atoms with E-state index in [1.165, 1.54) is 18.4 Å². The van der Waals surface area contributed by atoms with Crippen molar-refractivity contribution in [3.8, 4) is 5.75 Å². The zero-order valence-electron chi connectivity index (χ0n) is 17.8. The SMILES string of the molecule is CCN(C[C@H]1CCCN(CCc2cccc(OC)c2)C1)C(=O)Cc1nonc1C. The summed E-state index contributed by atoms with van der Waals surface area (Å²) < 4.78 is 10.0. The highest BCUT2D eigenvalue weighted by molar-refractivity contribution is 5.78. The van der Waals surface area contributed by atoms with Crippen molar-refractivity contribution in [3.05, 3.63) is 41.2 Å². The maximum Gasteiger partial charge on any atom is 0.228 e. The molecule has 1 aliphatic heterocycles. The molecule has 2 heterocycles. The Bertz CT molecular complexity index is 792. The number of rotatable bonds is 9. The Hall–Kier alpha value is -2.41. The monoisotopic (exact) mass is 400 g/mol. The Labute approximate surface area is 173 Å². The van der Waals surface area contributed by atoms with Gasteiger partial charge in [0, 0.05) is 26.2 Å². The van der Waals surface area contributed by atoms with Crippen LogP contribution >= 0.6 is 0 Å². The van der Waals surface area contributed by atoms with Crippen LogP contribution in [0, 0.1) is 12.8 Å². The Morgan fingerprint density at radius 2 is 2.24 bits per heavy atom. The second-order valence-electron chi connectivity index (χ2n) is 7.82. The molecular weight excluding hydrogens is 368 g/mol. The first-order chi connectivity index (χ1) is 14.1. The summed E-state index contributed by atoms with van der Waals surface area (Å²) in [5, 5.41) is 7.61. The normalized spacial score (nSPS) is 17.3. The molecule has 1 aromatic heterocycles. The van der Waals surface area contributed by atoms with Gasteiger partial charge in [0.25, 0.3) is 0 Å². The number of ether oxygens (including phenoxy) is 1. The second kappa shape index (κ2) is 10.4. The average Bonchev–Trinajstić information content (AvgIpc) is 3.15. The summed E-state index contributed by atoms with van der Waals surface area (Å²) in [6.07, 6.45) is 3.62. The first-order valence-electron chi connectivity index (χ1n) is 10.5. The van der Waals surface area contributed by atoms with Crippen LogP contribution in [0.25, 0.3) is 0 Å². The average molecular weight is 401 g/mol. The molecule has 7 nitrogen and oxygen atoms in total. The second-order valence-corrected chi connectivity index (χ2v) is 7.82. The first-order valence-corrected chi connectivity index (χ1v) is 10.5. The van der Waals surface area contributed by atoms with Crippen molar-refractivity contribution in [1.29, 1.82) is 0 Å². The van der Waals surface area contributed by atoms with Crippen LogP contribution in [-0.2, 0) is 17.6 Å². The number of likely N-dealkylation sites (tertiary alicyclic amines) is 1. The minimum Gasteiger partial charge on any atom is -0.497 e. The van der Waals surface area contributed by atoms with E-state index in [9.17, 15) is 4.79 Å². The lowest BCUT2D eigenvalue weighted by atomic mass is 9.96. The van der Waals surface area contributed by atoms with Gasteiger partial charge in [-0.1, -0.05) is 22.4 Å². The van der Waals surface area contributed by atoms with E-state index in [0.29, 0.717) is 23.9 Å². The molecule has 1 fully saturated rings. The lowest BCUT2D eigenvalue weighted by Gasteiger charge is -2.35. The molecule has 0 radical (unpaired) electrons. The fourth-order valence-electron chi connectivity index (χ4n) is 4.00. The van der Waals surface area contributed by atoms with Crippen LogP contribution in [0.4, 0.5) is 0 Å². The number of aromatic nitrogens is 2. The molecule has 1 aromatic carbocycles. The van der Waals surface area contributed by atoms with Gasteiger partial charge in [-0.2, -0.15) is 0 Å². The molecule has 0 N–H and O–H groups in total. The number of aryl methyl sites for hydroxylation is 1. The quantitative estimate of drug-likeness (QED) is 0.645. The van der Waals surface area contributed by atoms with Gasteiger partial charge in [0.1, 0.15) is 17.1 Å². The lowest BCUT2D eigenvalue weighted by molar-refractivity contribution is -0.131. The standard InChI is InChI=1S/C22H32N4O3/c1-4-26(22(27)14-21-17(2)23-29-24-21)16-19-8-6-11-25(15-19)12-10-18-7-5-9-20(13-18)28-3/h5,7,9,13,19H,4,6,8,10-12,14-16H2,1-3H3/t19-/m0/s1. The van der Waals surface area contributed by atoms with Gasteiger partial charge in [-0.05, 0) is 63.3 Å². The third-order valence-corrected chi connectivity index (χ3v) is 5.73. The molecule has 0 aliphatic carbocycles. The van der Waals surface area contributed by atoms with Gasteiger partial charge in [-0.15, -0.1) is 0 Å². The fraction of sp³-hybridized carbons (Fsp3) is 0.591. The van der Waals surface area contributed by atoms with E-state index in [0.717, 1.165) is 38.3 Å². The smallest absolute Gasteiger partial charge is 0.228 e. The number of carbonyl (C=O) groups is 1. The van der Waals surface area contributed by atoms with Gasteiger partial charge in [0.15, 0.2) is 0 Å². The van der Waals surface area contributed by atoms with E-state index < -0.39 is 0 Å². The predicted octanol–water partition coefficient (Wildman–Crippen LogP) is 2.73. The van der Waals surface area contributed by atoms with Gasteiger partial charge in [-0.3, -0.25) is 4.79 Å². The number of amides is 1. The van der Waals surface area contributed by atoms with Crippen LogP contribution < -0.4 is 4.74 Å². The highest BCUT2D eigenvalue weighted by Gasteiger charge is 2.24. The Morgan fingerprint density at radius 1 is 1.38 bits per heavy atom. The van der Waals surface area contributed by atoms with Crippen LogP contribution in [0.5, 0.6) is 5.75 Å². The molecule has 2 aromatic rings. The van der Waals surface area contributed by atoms with E-state index in [1.807, 2.05) is 30.9 Å². The zero-order chi connectivity index (χ0) is 20.6. The minimum atomic E-state index is 0.0970. The maximum absolute atomic E-state index is 12.7. The summed E-state index contributed by atoms with van der Waals surface area (Å²) in [4.78, 5) is 17.2.